The third-order valence-electron chi connectivity index (χ3n) is 13.5. The van der Waals surface area contributed by atoms with E-state index < -0.39 is 77.0 Å². The van der Waals surface area contributed by atoms with Crippen molar-refractivity contribution in [1.29, 1.82) is 0 Å². The largest absolute Gasteiger partial charge is 0.827 e. The van der Waals surface area contributed by atoms with E-state index in [1.807, 2.05) is 76.2 Å². The highest BCUT2D eigenvalue weighted by Crippen LogP contribution is 2.19. The van der Waals surface area contributed by atoms with Crippen LogP contribution in [0.15, 0.2) is 60.7 Å². The molecule has 2 rings (SSSR count). The van der Waals surface area contributed by atoms with Crippen molar-refractivity contribution in [3.8, 4) is 0 Å². The van der Waals surface area contributed by atoms with Gasteiger partial charge in [-0.15, -0.1) is 14.3 Å². The second-order valence-corrected chi connectivity index (χ2v) is 22.9. The van der Waals surface area contributed by atoms with Crippen LogP contribution in [0, 0.1) is 23.7 Å². The van der Waals surface area contributed by atoms with Crippen molar-refractivity contribution >= 4 is 84.5 Å². The molecular formula is C63H93N7O17P-. The van der Waals surface area contributed by atoms with Gasteiger partial charge in [0, 0.05) is 69.9 Å². The highest BCUT2D eigenvalue weighted by atomic mass is 31.0. The van der Waals surface area contributed by atoms with E-state index in [9.17, 15) is 62.6 Å². The summed E-state index contributed by atoms with van der Waals surface area (Å²) in [7, 11) is 2.89. The van der Waals surface area contributed by atoms with Crippen LogP contribution in [0.3, 0.4) is 0 Å². The van der Waals surface area contributed by atoms with Crippen LogP contribution in [0.2, 0.25) is 0 Å². The van der Waals surface area contributed by atoms with Crippen molar-refractivity contribution in [3.63, 3.8) is 0 Å². The summed E-state index contributed by atoms with van der Waals surface area (Å²) in [4.78, 5) is 154. The summed E-state index contributed by atoms with van der Waals surface area (Å²) in [6.07, 6.45) is 1.21. The normalized spacial score (nSPS) is 12.8. The average Bonchev–Trinajstić information content (AvgIpc) is 3.38. The molecule has 5 atom stereocenters. The zero-order valence-corrected chi connectivity index (χ0v) is 52.7. The Bertz CT molecular complexity index is 2550. The van der Waals surface area contributed by atoms with Gasteiger partial charge in [-0.2, -0.15) is 0 Å². The Labute approximate surface area is 519 Å². The number of Topliss-reactive ketones (excluding diaryl/α,β-unsaturated/α-hetero) is 6. The van der Waals surface area contributed by atoms with E-state index in [1.54, 1.807) is 12.1 Å². The molecule has 0 aliphatic heterocycles. The summed E-state index contributed by atoms with van der Waals surface area (Å²) < 4.78 is 21.7. The molecule has 0 saturated heterocycles. The Kier molecular flexibility index (Phi) is 39.9. The average molecular weight is 1250 g/mol. The molecule has 5 unspecified atom stereocenters. The van der Waals surface area contributed by atoms with E-state index in [4.69, 9.17) is 24.7 Å². The van der Waals surface area contributed by atoms with E-state index in [0.717, 1.165) is 11.1 Å². The predicted octanol–water partition coefficient (Wildman–Crippen LogP) is 1.59. The predicted molar refractivity (Wildman–Crippen MR) is 329 cm³/mol. The molecule has 0 saturated carbocycles. The van der Waals surface area contributed by atoms with Crippen LogP contribution in [0.25, 0.3) is 0 Å². The van der Waals surface area contributed by atoms with Crippen LogP contribution < -0.4 is 42.7 Å². The number of hydrogen-bond acceptors (Lipinski definition) is 18. The first-order chi connectivity index (χ1) is 41.9. The molecule has 2 aromatic rings. The molecule has 6 amide bonds. The fraction of sp³-hybridized carbons (Fsp3) is 0.603. The Morgan fingerprint density at radius 2 is 0.955 bits per heavy atom. The van der Waals surface area contributed by atoms with Gasteiger partial charge in [0.25, 0.3) is 0 Å². The second kappa shape index (κ2) is 45.5. The first-order valence-corrected chi connectivity index (χ1v) is 30.6. The molecular weight excluding hydrogens is 1160 g/mol. The fourth-order valence-electron chi connectivity index (χ4n) is 8.91. The number of amides is 6. The van der Waals surface area contributed by atoms with Crippen LogP contribution in [0.5, 0.6) is 0 Å². The minimum Gasteiger partial charge on any atom is -0.827 e. The lowest BCUT2D eigenvalue weighted by molar-refractivity contribution is -0.212. The van der Waals surface area contributed by atoms with Gasteiger partial charge in [0.2, 0.25) is 35.4 Å². The Balaban J connectivity index is 1.67. The number of carbonyl (C=O) groups is 12. The summed E-state index contributed by atoms with van der Waals surface area (Å²) in [6, 6.07) is 15.5. The van der Waals surface area contributed by atoms with E-state index in [0.29, 0.717) is 19.3 Å². The summed E-state index contributed by atoms with van der Waals surface area (Å²) >= 11 is 0. The molecule has 0 bridgehead atoms. The van der Waals surface area contributed by atoms with E-state index in [2.05, 4.69) is 40.8 Å². The van der Waals surface area contributed by atoms with Crippen molar-refractivity contribution in [2.24, 2.45) is 29.4 Å². The summed E-state index contributed by atoms with van der Waals surface area (Å²) in [5.74, 6) is -6.45. The molecule has 0 spiro atoms. The first-order valence-electron chi connectivity index (χ1n) is 30.1. The van der Waals surface area contributed by atoms with Crippen molar-refractivity contribution in [3.05, 3.63) is 71.8 Å². The van der Waals surface area contributed by atoms with Gasteiger partial charge in [0.15, 0.2) is 23.1 Å². The quantitative estimate of drug-likeness (QED) is 0.0365. The Morgan fingerprint density at radius 1 is 0.500 bits per heavy atom. The Morgan fingerprint density at radius 3 is 1.40 bits per heavy atom. The number of nitrogens with one attached hydrogen (secondary N) is 6. The molecule has 8 N–H and O–H groups in total. The lowest BCUT2D eigenvalue weighted by Crippen LogP contribution is -2.49. The van der Waals surface area contributed by atoms with Gasteiger partial charge in [0.05, 0.1) is 64.8 Å². The third-order valence-corrected chi connectivity index (χ3v) is 13.8. The zero-order chi connectivity index (χ0) is 65.2. The first kappa shape index (κ1) is 77.3. The summed E-state index contributed by atoms with van der Waals surface area (Å²) in [5, 5.41) is 27.2. The topological polar surface area (TPSA) is 363 Å². The van der Waals surface area contributed by atoms with Gasteiger partial charge in [0.1, 0.15) is 30.8 Å². The molecule has 0 fully saturated rings. The maximum absolute atomic E-state index is 13.6. The fourth-order valence-corrected chi connectivity index (χ4v) is 9.04. The monoisotopic (exact) mass is 1250 g/mol. The van der Waals surface area contributed by atoms with Crippen LogP contribution in [0.4, 0.5) is 0 Å². The van der Waals surface area contributed by atoms with E-state index in [-0.39, 0.29) is 190 Å². The zero-order valence-electron chi connectivity index (χ0n) is 51.7. The van der Waals surface area contributed by atoms with Gasteiger partial charge in [-0.1, -0.05) is 88.4 Å². The molecule has 0 radical (unpaired) electrons. The third kappa shape index (κ3) is 37.1. The summed E-state index contributed by atoms with van der Waals surface area (Å²) in [6.45, 7) is 7.68. The minimum absolute atomic E-state index is 0.00133. The molecule has 0 aliphatic rings. The van der Waals surface area contributed by atoms with Gasteiger partial charge >= 0.3 is 0 Å². The number of rotatable bonds is 51. The molecule has 2 aromatic carbocycles. The number of ether oxygens (including phenoxy) is 4. The summed E-state index contributed by atoms with van der Waals surface area (Å²) in [5.41, 5.74) is 6.74. The molecule has 25 heteroatoms. The van der Waals surface area contributed by atoms with Crippen LogP contribution in [-0.4, -0.2) is 173 Å². The van der Waals surface area contributed by atoms with E-state index in [1.165, 1.54) is 6.92 Å². The van der Waals surface area contributed by atoms with Crippen LogP contribution >= 0.6 is 8.86 Å². The number of hydrogen-bond donors (Lipinski definition) is 7. The van der Waals surface area contributed by atoms with Gasteiger partial charge in [-0.25, -0.2) is 0 Å². The van der Waals surface area contributed by atoms with E-state index >= 15 is 0 Å². The molecule has 24 nitrogen and oxygen atoms in total. The standard InChI is InChI=1S/C63H94N7O17P/c1-42(2)31-53(55(75)21-18-44(5)71)69-61(81)47(33-45-13-8-6-9-14-45)35-50(73)38-66-58(78)40-86-29-27-84-25-12-17-49(72)19-20-52(68-57(77)37-64)63(83)65-24-26-85-28-30-87-41-59(79)67-39-51(74)36-48(34-46-15-10-7-11-16-46)62(82)70-54(32-43(3)4)56(76)22-23-60(80)88/h6-11,13-16,42-43,47-48,52-54,80,88H,12,17-41,64H2,1-5H3,(H,65,83)(H,66,78)(H,67,79)(H,68,77)(H,69,81)(H,70,82)/p-1. The SMILES string of the molecule is CC(=O)CCC(=O)C(CC(C)C)NC(=O)C(CC(=O)CNC(=O)COCCOCCCC(=O)CCC(NC(=O)CN)C(=O)NCCOCCOCC(=O)NCC(=O)CC(Cc1ccccc1)C(=O)NC(CC(C)C)C(=O)CCC([O-])=P)Cc1ccccc1. The van der Waals surface area contributed by atoms with Gasteiger partial charge in [-0.3, -0.25) is 52.7 Å². The minimum atomic E-state index is -1.05. The van der Waals surface area contributed by atoms with Gasteiger partial charge in [-0.05, 0) is 74.8 Å². The van der Waals surface area contributed by atoms with Crippen LogP contribution in [-0.2, 0) is 89.3 Å². The second-order valence-electron chi connectivity index (χ2n) is 22.4. The van der Waals surface area contributed by atoms with Crippen molar-refractivity contribution < 1.29 is 81.6 Å². The van der Waals surface area contributed by atoms with Crippen molar-refractivity contribution in [1.82, 2.24) is 31.9 Å². The number of ketones is 6. The molecule has 88 heavy (non-hydrogen) atoms. The number of benzene rings is 2. The maximum Gasteiger partial charge on any atom is 0.246 e. The lowest BCUT2D eigenvalue weighted by Gasteiger charge is -2.24. The molecule has 488 valence electrons. The Hall–Kier alpha value is -6.79. The number of carbonyl (C=O) groups excluding carboxylic acids is 12. The smallest absolute Gasteiger partial charge is 0.246 e. The highest BCUT2D eigenvalue weighted by molar-refractivity contribution is 7.19. The van der Waals surface area contributed by atoms with Crippen molar-refractivity contribution in [2.45, 2.75) is 143 Å². The number of nitrogens with two attached hydrogens (primary N) is 1. The van der Waals surface area contributed by atoms with Crippen LogP contribution in [0.1, 0.15) is 123 Å². The lowest BCUT2D eigenvalue weighted by atomic mass is 9.91. The highest BCUT2D eigenvalue weighted by Gasteiger charge is 2.30. The molecule has 0 aromatic heterocycles. The van der Waals surface area contributed by atoms with Crippen molar-refractivity contribution in [2.75, 3.05) is 79.0 Å². The molecule has 0 aliphatic carbocycles. The molecule has 0 heterocycles. The van der Waals surface area contributed by atoms with Gasteiger partial charge < -0.3 is 66.5 Å². The maximum atomic E-state index is 13.6.